The first-order chi connectivity index (χ1) is 9.98. The number of halogens is 1. The number of carbonyl (C=O) groups excluding carboxylic acids is 1. The van der Waals surface area contributed by atoms with E-state index in [1.54, 1.807) is 0 Å². The van der Waals surface area contributed by atoms with Gasteiger partial charge in [0, 0.05) is 0 Å². The number of para-hydroxylation sites is 1. The minimum absolute atomic E-state index is 0.190. The first kappa shape index (κ1) is 16.2. The summed E-state index contributed by atoms with van der Waals surface area (Å²) in [6.07, 6.45) is 3.63. The second-order valence-electron chi connectivity index (χ2n) is 6.26. The lowest BCUT2D eigenvalue weighted by Gasteiger charge is -2.40. The van der Waals surface area contributed by atoms with E-state index in [-0.39, 0.29) is 5.97 Å². The van der Waals surface area contributed by atoms with Crippen LogP contribution in [0.15, 0.2) is 24.3 Å². The van der Waals surface area contributed by atoms with Crippen LogP contribution in [0.25, 0.3) is 0 Å². The summed E-state index contributed by atoms with van der Waals surface area (Å²) in [4.78, 5) is 12.4. The molecule has 0 bridgehead atoms. The highest BCUT2D eigenvalue weighted by Crippen LogP contribution is 2.39. The van der Waals surface area contributed by atoms with Gasteiger partial charge in [0.2, 0.25) is 0 Å². The van der Waals surface area contributed by atoms with Crippen molar-refractivity contribution in [2.75, 3.05) is 12.4 Å². The summed E-state index contributed by atoms with van der Waals surface area (Å²) in [5, 5.41) is 4.00. The van der Waals surface area contributed by atoms with Crippen molar-refractivity contribution in [2.24, 2.45) is 11.8 Å². The molecule has 0 spiro atoms. The quantitative estimate of drug-likeness (QED) is 0.832. The molecule has 2 rings (SSSR count). The van der Waals surface area contributed by atoms with Crippen LogP contribution in [0.2, 0.25) is 5.02 Å². The molecule has 0 aliphatic heterocycles. The number of rotatable bonds is 4. The smallest absolute Gasteiger partial charge is 0.331 e. The molecule has 0 saturated heterocycles. The number of methoxy groups -OCH3 is 1. The van der Waals surface area contributed by atoms with Crippen molar-refractivity contribution in [2.45, 2.75) is 45.1 Å². The molecule has 0 atom stereocenters. The molecule has 1 aromatic rings. The highest BCUT2D eigenvalue weighted by molar-refractivity contribution is 6.33. The molecule has 1 aliphatic rings. The number of nitrogens with one attached hydrogen (secondary N) is 1. The Labute approximate surface area is 132 Å². The third-order valence-electron chi connectivity index (χ3n) is 4.65. The Morgan fingerprint density at radius 3 is 2.48 bits per heavy atom. The molecule has 1 aromatic carbocycles. The minimum Gasteiger partial charge on any atom is -0.467 e. The van der Waals surface area contributed by atoms with Crippen molar-refractivity contribution in [3.05, 3.63) is 29.3 Å². The standard InChI is InChI=1S/C17H24ClNO2/c1-12(2)13-8-10-17(11-9-13,16(20)21-3)19-15-7-5-4-6-14(15)18/h4-7,12-13,19H,8-11H2,1-3H3. The van der Waals surface area contributed by atoms with Gasteiger partial charge in [-0.2, -0.15) is 0 Å². The zero-order valence-corrected chi connectivity index (χ0v) is 13.7. The normalized spacial score (nSPS) is 25.7. The van der Waals surface area contributed by atoms with Gasteiger partial charge < -0.3 is 10.1 Å². The van der Waals surface area contributed by atoms with E-state index in [0.717, 1.165) is 31.4 Å². The van der Waals surface area contributed by atoms with E-state index in [4.69, 9.17) is 16.3 Å². The summed E-state index contributed by atoms with van der Waals surface area (Å²) in [6, 6.07) is 7.53. The monoisotopic (exact) mass is 309 g/mol. The van der Waals surface area contributed by atoms with E-state index < -0.39 is 5.54 Å². The van der Waals surface area contributed by atoms with Gasteiger partial charge in [-0.25, -0.2) is 4.79 Å². The second kappa shape index (κ2) is 6.69. The van der Waals surface area contributed by atoms with Crippen molar-refractivity contribution in [3.63, 3.8) is 0 Å². The van der Waals surface area contributed by atoms with E-state index in [0.29, 0.717) is 16.9 Å². The van der Waals surface area contributed by atoms with Crippen LogP contribution >= 0.6 is 11.6 Å². The predicted octanol–water partition coefficient (Wildman–Crippen LogP) is 4.51. The molecule has 0 radical (unpaired) electrons. The number of anilines is 1. The highest BCUT2D eigenvalue weighted by Gasteiger charge is 2.43. The van der Waals surface area contributed by atoms with E-state index in [9.17, 15) is 4.79 Å². The molecule has 1 saturated carbocycles. The maximum Gasteiger partial charge on any atom is 0.331 e. The number of hydrogen-bond donors (Lipinski definition) is 1. The van der Waals surface area contributed by atoms with Crippen molar-refractivity contribution >= 4 is 23.3 Å². The Balaban J connectivity index is 2.20. The van der Waals surface area contributed by atoms with E-state index in [2.05, 4.69) is 19.2 Å². The molecule has 0 unspecified atom stereocenters. The molecule has 0 amide bonds. The highest BCUT2D eigenvalue weighted by atomic mass is 35.5. The van der Waals surface area contributed by atoms with Gasteiger partial charge in [-0.3, -0.25) is 0 Å². The van der Waals surface area contributed by atoms with Crippen LogP contribution in [-0.4, -0.2) is 18.6 Å². The Hall–Kier alpha value is -1.22. The number of benzene rings is 1. The third-order valence-corrected chi connectivity index (χ3v) is 4.98. The Morgan fingerprint density at radius 2 is 1.95 bits per heavy atom. The van der Waals surface area contributed by atoms with Crippen molar-refractivity contribution < 1.29 is 9.53 Å². The summed E-state index contributed by atoms with van der Waals surface area (Å²) in [5.74, 6) is 1.14. The first-order valence-corrected chi connectivity index (χ1v) is 7.97. The zero-order valence-electron chi connectivity index (χ0n) is 13.0. The molecule has 4 heteroatoms. The molecule has 1 N–H and O–H groups in total. The fourth-order valence-electron chi connectivity index (χ4n) is 3.20. The first-order valence-electron chi connectivity index (χ1n) is 7.59. The van der Waals surface area contributed by atoms with Crippen molar-refractivity contribution in [1.29, 1.82) is 0 Å². The second-order valence-corrected chi connectivity index (χ2v) is 6.67. The molecule has 0 aromatic heterocycles. The minimum atomic E-state index is -0.648. The van der Waals surface area contributed by atoms with Gasteiger partial charge in [0.15, 0.2) is 0 Å². The molecule has 116 valence electrons. The average Bonchev–Trinajstić information content (AvgIpc) is 2.49. The van der Waals surface area contributed by atoms with Gasteiger partial charge in [0.25, 0.3) is 0 Å². The molecule has 1 aliphatic carbocycles. The number of hydrogen-bond acceptors (Lipinski definition) is 3. The van der Waals surface area contributed by atoms with Crippen LogP contribution in [-0.2, 0) is 9.53 Å². The molecule has 3 nitrogen and oxygen atoms in total. The number of ether oxygens (including phenoxy) is 1. The fraction of sp³-hybridized carbons (Fsp3) is 0.588. The summed E-state index contributed by atoms with van der Waals surface area (Å²) in [6.45, 7) is 4.49. The van der Waals surface area contributed by atoms with Crippen LogP contribution in [0, 0.1) is 11.8 Å². The largest absolute Gasteiger partial charge is 0.467 e. The summed E-state index contributed by atoms with van der Waals surface area (Å²) in [7, 11) is 1.45. The van der Waals surface area contributed by atoms with E-state index in [1.807, 2.05) is 24.3 Å². The number of esters is 1. The average molecular weight is 310 g/mol. The van der Waals surface area contributed by atoms with Gasteiger partial charge >= 0.3 is 5.97 Å². The van der Waals surface area contributed by atoms with Gasteiger partial charge in [0.1, 0.15) is 5.54 Å². The van der Waals surface area contributed by atoms with Crippen LogP contribution < -0.4 is 5.32 Å². The van der Waals surface area contributed by atoms with Gasteiger partial charge in [-0.05, 0) is 49.7 Å². The maximum absolute atomic E-state index is 12.4. The topological polar surface area (TPSA) is 38.3 Å². The molecular weight excluding hydrogens is 286 g/mol. The third kappa shape index (κ3) is 3.52. The van der Waals surface area contributed by atoms with Gasteiger partial charge in [-0.15, -0.1) is 0 Å². The zero-order chi connectivity index (χ0) is 15.5. The maximum atomic E-state index is 12.4. The lowest BCUT2D eigenvalue weighted by atomic mass is 9.72. The Morgan fingerprint density at radius 1 is 1.33 bits per heavy atom. The van der Waals surface area contributed by atoms with Crippen molar-refractivity contribution in [1.82, 2.24) is 0 Å². The van der Waals surface area contributed by atoms with E-state index >= 15 is 0 Å². The lowest BCUT2D eigenvalue weighted by Crippen LogP contribution is -2.50. The Kier molecular flexibility index (Phi) is 5.15. The summed E-state index contributed by atoms with van der Waals surface area (Å²) >= 11 is 6.22. The summed E-state index contributed by atoms with van der Waals surface area (Å²) in [5.41, 5.74) is 0.151. The Bertz CT molecular complexity index is 493. The van der Waals surface area contributed by atoms with Crippen LogP contribution in [0.4, 0.5) is 5.69 Å². The van der Waals surface area contributed by atoms with Crippen LogP contribution in [0.3, 0.4) is 0 Å². The van der Waals surface area contributed by atoms with Gasteiger partial charge in [0.05, 0.1) is 17.8 Å². The lowest BCUT2D eigenvalue weighted by molar-refractivity contribution is -0.147. The molecular formula is C17H24ClNO2. The van der Waals surface area contributed by atoms with Crippen LogP contribution in [0.1, 0.15) is 39.5 Å². The van der Waals surface area contributed by atoms with Crippen LogP contribution in [0.5, 0.6) is 0 Å². The number of carbonyl (C=O) groups is 1. The SMILES string of the molecule is COC(=O)C1(Nc2ccccc2Cl)CCC(C(C)C)CC1. The molecule has 0 heterocycles. The van der Waals surface area contributed by atoms with Crippen molar-refractivity contribution in [3.8, 4) is 0 Å². The fourth-order valence-corrected chi connectivity index (χ4v) is 3.38. The molecule has 21 heavy (non-hydrogen) atoms. The van der Waals surface area contributed by atoms with Gasteiger partial charge in [-0.1, -0.05) is 37.6 Å². The predicted molar refractivity (Wildman–Crippen MR) is 86.6 cm³/mol. The van der Waals surface area contributed by atoms with E-state index in [1.165, 1.54) is 7.11 Å². The molecule has 1 fully saturated rings. The summed E-state index contributed by atoms with van der Waals surface area (Å²) < 4.78 is 5.06.